The van der Waals surface area contributed by atoms with Crippen molar-refractivity contribution < 1.29 is 4.42 Å². The van der Waals surface area contributed by atoms with Gasteiger partial charge in [-0.3, -0.25) is 0 Å². The molecule has 3 heteroatoms. The first-order chi connectivity index (χ1) is 6.22. The average Bonchev–Trinajstić information content (AvgIpc) is 2.45. The van der Waals surface area contributed by atoms with E-state index in [1.54, 1.807) is 0 Å². The van der Waals surface area contributed by atoms with Crippen molar-refractivity contribution in [3.8, 4) is 0 Å². The maximum Gasteiger partial charge on any atom is 0.192 e. The minimum Gasteiger partial charge on any atom is -0.441 e. The van der Waals surface area contributed by atoms with Crippen molar-refractivity contribution in [1.29, 1.82) is 0 Å². The molecule has 1 heterocycles. The molecule has 1 aromatic heterocycles. The number of rotatable bonds is 1. The highest BCUT2D eigenvalue weighted by molar-refractivity contribution is 5.81. The summed E-state index contributed by atoms with van der Waals surface area (Å²) >= 11 is 0. The summed E-state index contributed by atoms with van der Waals surface area (Å²) in [6.07, 6.45) is 0.873. The summed E-state index contributed by atoms with van der Waals surface area (Å²) < 4.78 is 5.48. The third kappa shape index (κ3) is 1.16. The molecule has 0 bridgehead atoms. The summed E-state index contributed by atoms with van der Waals surface area (Å²) in [4.78, 5) is 4.24. The monoisotopic (exact) mass is 176 g/mol. The largest absolute Gasteiger partial charge is 0.441 e. The van der Waals surface area contributed by atoms with Crippen molar-refractivity contribution in [2.24, 2.45) is 0 Å². The van der Waals surface area contributed by atoms with Gasteiger partial charge in [0.15, 0.2) is 11.5 Å². The van der Waals surface area contributed by atoms with E-state index in [2.05, 4.69) is 11.9 Å². The van der Waals surface area contributed by atoms with E-state index in [0.717, 1.165) is 28.8 Å². The Labute approximate surface area is 76.6 Å². The number of nitrogen functional groups attached to an aromatic ring is 1. The molecule has 2 N–H and O–H groups in total. The van der Waals surface area contributed by atoms with Gasteiger partial charge in [-0.05, 0) is 18.6 Å². The van der Waals surface area contributed by atoms with E-state index in [4.69, 9.17) is 10.2 Å². The SMILES string of the molecule is CCc1c(N)ccc2nc(C)oc12. The smallest absolute Gasteiger partial charge is 0.192 e. The summed E-state index contributed by atoms with van der Waals surface area (Å²) in [5.41, 5.74) is 9.38. The van der Waals surface area contributed by atoms with Crippen LogP contribution in [-0.4, -0.2) is 4.98 Å². The maximum atomic E-state index is 5.82. The first-order valence-electron chi connectivity index (χ1n) is 4.37. The predicted octanol–water partition coefficient (Wildman–Crippen LogP) is 2.28. The van der Waals surface area contributed by atoms with Gasteiger partial charge in [-0.1, -0.05) is 6.92 Å². The lowest BCUT2D eigenvalue weighted by Gasteiger charge is -2.01. The van der Waals surface area contributed by atoms with E-state index < -0.39 is 0 Å². The molecule has 0 unspecified atom stereocenters. The molecule has 0 radical (unpaired) electrons. The minimum atomic E-state index is 0.690. The number of aromatic nitrogens is 1. The molecule has 2 rings (SSSR count). The van der Waals surface area contributed by atoms with Crippen molar-refractivity contribution in [2.75, 3.05) is 5.73 Å². The van der Waals surface area contributed by atoms with Crippen LogP contribution in [0.4, 0.5) is 5.69 Å². The van der Waals surface area contributed by atoms with Gasteiger partial charge in [-0.2, -0.15) is 0 Å². The van der Waals surface area contributed by atoms with Crippen LogP contribution in [0.15, 0.2) is 16.5 Å². The fraction of sp³-hybridized carbons (Fsp3) is 0.300. The fourth-order valence-corrected chi connectivity index (χ4v) is 1.54. The van der Waals surface area contributed by atoms with E-state index in [9.17, 15) is 0 Å². The first-order valence-corrected chi connectivity index (χ1v) is 4.37. The summed E-state index contributed by atoms with van der Waals surface area (Å²) in [5.74, 6) is 0.690. The van der Waals surface area contributed by atoms with Crippen LogP contribution in [-0.2, 0) is 6.42 Å². The second-order valence-electron chi connectivity index (χ2n) is 3.07. The normalized spacial score (nSPS) is 10.9. The zero-order valence-electron chi connectivity index (χ0n) is 7.79. The molecule has 0 saturated heterocycles. The topological polar surface area (TPSA) is 52.0 Å². The van der Waals surface area contributed by atoms with E-state index in [1.807, 2.05) is 19.1 Å². The van der Waals surface area contributed by atoms with Crippen molar-refractivity contribution in [2.45, 2.75) is 20.3 Å². The number of benzene rings is 1. The molecule has 13 heavy (non-hydrogen) atoms. The van der Waals surface area contributed by atoms with Crippen molar-refractivity contribution in [3.63, 3.8) is 0 Å². The molecule has 0 amide bonds. The highest BCUT2D eigenvalue weighted by Crippen LogP contribution is 2.25. The van der Waals surface area contributed by atoms with E-state index in [0.29, 0.717) is 5.89 Å². The zero-order valence-corrected chi connectivity index (χ0v) is 7.79. The quantitative estimate of drug-likeness (QED) is 0.678. The zero-order chi connectivity index (χ0) is 9.42. The van der Waals surface area contributed by atoms with Crippen LogP contribution in [0.1, 0.15) is 18.4 Å². The van der Waals surface area contributed by atoms with Crippen LogP contribution in [0.25, 0.3) is 11.1 Å². The van der Waals surface area contributed by atoms with Gasteiger partial charge in [-0.25, -0.2) is 4.98 Å². The molecule has 0 aliphatic carbocycles. The molecular formula is C10H12N2O. The van der Waals surface area contributed by atoms with Gasteiger partial charge in [-0.15, -0.1) is 0 Å². The molecule has 0 atom stereocenters. The summed E-state index contributed by atoms with van der Waals surface area (Å²) in [5, 5.41) is 0. The number of fused-ring (bicyclic) bond motifs is 1. The van der Waals surface area contributed by atoms with E-state index in [-0.39, 0.29) is 0 Å². The highest BCUT2D eigenvalue weighted by Gasteiger charge is 2.08. The van der Waals surface area contributed by atoms with Crippen molar-refractivity contribution >= 4 is 16.8 Å². The van der Waals surface area contributed by atoms with Crippen molar-refractivity contribution in [1.82, 2.24) is 4.98 Å². The molecule has 2 aromatic rings. The van der Waals surface area contributed by atoms with Gasteiger partial charge in [0.2, 0.25) is 0 Å². The van der Waals surface area contributed by atoms with Gasteiger partial charge in [0.05, 0.1) is 0 Å². The number of nitrogens with two attached hydrogens (primary N) is 1. The Morgan fingerprint density at radius 2 is 2.23 bits per heavy atom. The number of hydrogen-bond acceptors (Lipinski definition) is 3. The van der Waals surface area contributed by atoms with Crippen LogP contribution >= 0.6 is 0 Å². The third-order valence-corrected chi connectivity index (χ3v) is 2.16. The summed E-state index contributed by atoms with van der Waals surface area (Å²) in [6, 6.07) is 3.77. The fourth-order valence-electron chi connectivity index (χ4n) is 1.54. The second-order valence-corrected chi connectivity index (χ2v) is 3.07. The van der Waals surface area contributed by atoms with Crippen LogP contribution in [0, 0.1) is 6.92 Å². The van der Waals surface area contributed by atoms with E-state index in [1.165, 1.54) is 0 Å². The number of hydrogen-bond donors (Lipinski definition) is 1. The lowest BCUT2D eigenvalue weighted by molar-refractivity contribution is 0.558. The van der Waals surface area contributed by atoms with Gasteiger partial charge in [0.25, 0.3) is 0 Å². The molecule has 0 spiro atoms. The van der Waals surface area contributed by atoms with Gasteiger partial charge < -0.3 is 10.2 Å². The Morgan fingerprint density at radius 1 is 1.46 bits per heavy atom. The predicted molar refractivity (Wildman–Crippen MR) is 52.5 cm³/mol. The molecule has 0 saturated carbocycles. The standard InChI is InChI=1S/C10H12N2O/c1-3-7-8(11)4-5-9-10(7)13-6(2)12-9/h4-5H,3,11H2,1-2H3. The summed E-state index contributed by atoms with van der Waals surface area (Å²) in [6.45, 7) is 3.90. The minimum absolute atomic E-state index is 0.690. The number of anilines is 1. The van der Waals surface area contributed by atoms with Gasteiger partial charge in [0.1, 0.15) is 5.52 Å². The Kier molecular flexibility index (Phi) is 1.72. The van der Waals surface area contributed by atoms with Crippen LogP contribution in [0.3, 0.4) is 0 Å². The number of nitrogens with zero attached hydrogens (tertiary/aromatic N) is 1. The van der Waals surface area contributed by atoms with E-state index >= 15 is 0 Å². The highest BCUT2D eigenvalue weighted by atomic mass is 16.3. The average molecular weight is 176 g/mol. The lowest BCUT2D eigenvalue weighted by Crippen LogP contribution is -1.92. The van der Waals surface area contributed by atoms with Crippen molar-refractivity contribution in [3.05, 3.63) is 23.6 Å². The molecule has 0 aliphatic heterocycles. The van der Waals surface area contributed by atoms with Crippen LogP contribution in [0.5, 0.6) is 0 Å². The van der Waals surface area contributed by atoms with Crippen LogP contribution < -0.4 is 5.73 Å². The third-order valence-electron chi connectivity index (χ3n) is 2.16. The molecule has 1 aromatic carbocycles. The van der Waals surface area contributed by atoms with Gasteiger partial charge in [0, 0.05) is 18.2 Å². The Bertz CT molecular complexity index is 445. The second kappa shape index (κ2) is 2.76. The Hall–Kier alpha value is -1.51. The molecule has 0 aliphatic rings. The Morgan fingerprint density at radius 3 is 2.92 bits per heavy atom. The first kappa shape index (κ1) is 8.10. The maximum absolute atomic E-state index is 5.82. The molecule has 3 nitrogen and oxygen atoms in total. The molecule has 0 fully saturated rings. The number of oxazole rings is 1. The molecular weight excluding hydrogens is 164 g/mol. The Balaban J connectivity index is 2.82. The van der Waals surface area contributed by atoms with Crippen LogP contribution in [0.2, 0.25) is 0 Å². The van der Waals surface area contributed by atoms with Gasteiger partial charge >= 0.3 is 0 Å². The molecule has 68 valence electrons. The summed E-state index contributed by atoms with van der Waals surface area (Å²) in [7, 11) is 0. The number of aryl methyl sites for hydroxylation is 2. The lowest BCUT2D eigenvalue weighted by atomic mass is 10.1.